The molecule has 0 amide bonds. The molecular weight excluding hydrogens is 322 g/mol. The summed E-state index contributed by atoms with van der Waals surface area (Å²) >= 11 is 0. The molecule has 0 radical (unpaired) electrons. The van der Waals surface area contributed by atoms with Gasteiger partial charge in [0.1, 0.15) is 0 Å². The maximum absolute atomic E-state index is 12.6. The highest BCUT2D eigenvalue weighted by Gasteiger charge is 2.52. The van der Waals surface area contributed by atoms with Crippen molar-refractivity contribution in [2.75, 3.05) is 20.1 Å². The zero-order valence-electron chi connectivity index (χ0n) is 15.2. The van der Waals surface area contributed by atoms with Crippen LogP contribution in [0.25, 0.3) is 0 Å². The highest BCUT2D eigenvalue weighted by molar-refractivity contribution is 7.86. The van der Waals surface area contributed by atoms with Gasteiger partial charge in [0.15, 0.2) is 0 Å². The van der Waals surface area contributed by atoms with E-state index in [1.165, 1.54) is 0 Å². The van der Waals surface area contributed by atoms with Crippen molar-refractivity contribution in [1.29, 1.82) is 0 Å². The van der Waals surface area contributed by atoms with Crippen LogP contribution in [0.15, 0.2) is 29.2 Å². The van der Waals surface area contributed by atoms with Crippen LogP contribution in [0.1, 0.15) is 45.1 Å². The lowest BCUT2D eigenvalue weighted by Gasteiger charge is -2.57. The van der Waals surface area contributed by atoms with E-state index in [2.05, 4.69) is 25.8 Å². The molecule has 1 aliphatic heterocycles. The van der Waals surface area contributed by atoms with E-state index in [-0.39, 0.29) is 21.8 Å². The SMILES string of the molecule is Cc1ccc(S(=O)(=O)OC2CCC3(C)CN(C)CC[C@@]3(C)C2)cc1. The van der Waals surface area contributed by atoms with E-state index in [1.807, 2.05) is 19.1 Å². The van der Waals surface area contributed by atoms with Gasteiger partial charge in [-0.1, -0.05) is 31.5 Å². The minimum absolute atomic E-state index is 0.144. The molecule has 1 aliphatic carbocycles. The van der Waals surface area contributed by atoms with Gasteiger partial charge in [0.2, 0.25) is 0 Å². The van der Waals surface area contributed by atoms with Crippen LogP contribution in [0.2, 0.25) is 0 Å². The fraction of sp³-hybridized carbons (Fsp3) is 0.684. The van der Waals surface area contributed by atoms with E-state index in [0.29, 0.717) is 0 Å². The average Bonchev–Trinajstić information content (AvgIpc) is 2.49. The van der Waals surface area contributed by atoms with Gasteiger partial charge in [0.25, 0.3) is 10.1 Å². The summed E-state index contributed by atoms with van der Waals surface area (Å²) in [5.41, 5.74) is 1.43. The first kappa shape index (κ1) is 17.9. The Morgan fingerprint density at radius 2 is 1.79 bits per heavy atom. The van der Waals surface area contributed by atoms with Crippen LogP contribution in [0.4, 0.5) is 0 Å². The predicted octanol–water partition coefficient (Wildman–Crippen LogP) is 3.60. The average molecular weight is 352 g/mol. The standard InChI is InChI=1S/C19H29NO3S/c1-15-5-7-17(8-6-15)24(21,22)23-16-9-10-19(3)14-20(4)12-11-18(19,2)13-16/h5-8,16H,9-14H2,1-4H3/t16?,18-,19?/m0/s1. The Hall–Kier alpha value is -0.910. The Balaban J connectivity index is 1.75. The molecule has 3 atom stereocenters. The lowest BCUT2D eigenvalue weighted by atomic mass is 9.54. The number of piperidine rings is 1. The quantitative estimate of drug-likeness (QED) is 0.781. The van der Waals surface area contributed by atoms with Crippen LogP contribution in [0.3, 0.4) is 0 Å². The van der Waals surface area contributed by atoms with E-state index in [9.17, 15) is 8.42 Å². The third kappa shape index (κ3) is 3.26. The van der Waals surface area contributed by atoms with Gasteiger partial charge in [-0.2, -0.15) is 8.42 Å². The van der Waals surface area contributed by atoms with Crippen LogP contribution in [0, 0.1) is 17.8 Å². The van der Waals surface area contributed by atoms with E-state index < -0.39 is 10.1 Å². The van der Waals surface area contributed by atoms with Gasteiger partial charge >= 0.3 is 0 Å². The van der Waals surface area contributed by atoms with Crippen LogP contribution in [-0.4, -0.2) is 39.6 Å². The van der Waals surface area contributed by atoms with Crippen molar-refractivity contribution in [2.45, 2.75) is 57.5 Å². The third-order valence-corrected chi connectivity index (χ3v) is 7.77. The van der Waals surface area contributed by atoms with Gasteiger partial charge in [-0.25, -0.2) is 0 Å². The summed E-state index contributed by atoms with van der Waals surface area (Å²) < 4.78 is 30.8. The molecule has 5 heteroatoms. The highest BCUT2D eigenvalue weighted by Crippen LogP contribution is 2.55. The zero-order valence-corrected chi connectivity index (χ0v) is 16.0. The number of aryl methyl sites for hydroxylation is 1. The topological polar surface area (TPSA) is 46.6 Å². The molecule has 1 saturated heterocycles. The number of rotatable bonds is 3. The summed E-state index contributed by atoms with van der Waals surface area (Å²) in [6.07, 6.45) is 3.54. The number of nitrogens with zero attached hydrogens (tertiary/aromatic N) is 1. The Labute approximate surface area is 146 Å². The van der Waals surface area contributed by atoms with Crippen molar-refractivity contribution in [3.63, 3.8) is 0 Å². The number of likely N-dealkylation sites (tertiary alicyclic amines) is 1. The van der Waals surface area contributed by atoms with E-state index in [0.717, 1.165) is 44.3 Å². The molecule has 1 saturated carbocycles. The van der Waals surface area contributed by atoms with Gasteiger partial charge in [0.05, 0.1) is 11.0 Å². The minimum Gasteiger partial charge on any atom is -0.306 e. The predicted molar refractivity (Wildman–Crippen MR) is 95.4 cm³/mol. The van der Waals surface area contributed by atoms with Crippen molar-refractivity contribution < 1.29 is 12.6 Å². The monoisotopic (exact) mass is 351 g/mol. The summed E-state index contributed by atoms with van der Waals surface area (Å²) in [6.45, 7) is 8.77. The Kier molecular flexibility index (Phi) is 4.56. The van der Waals surface area contributed by atoms with Gasteiger partial charge < -0.3 is 4.90 Å². The molecule has 2 fully saturated rings. The molecule has 2 unspecified atom stereocenters. The third-order valence-electron chi connectivity index (χ3n) is 6.39. The fourth-order valence-electron chi connectivity index (χ4n) is 4.44. The second-order valence-electron chi connectivity index (χ2n) is 8.34. The second-order valence-corrected chi connectivity index (χ2v) is 9.91. The molecule has 1 heterocycles. The molecule has 0 N–H and O–H groups in total. The van der Waals surface area contributed by atoms with Crippen LogP contribution >= 0.6 is 0 Å². The smallest absolute Gasteiger partial charge is 0.297 e. The number of hydrogen-bond acceptors (Lipinski definition) is 4. The van der Waals surface area contributed by atoms with Crippen LogP contribution in [0.5, 0.6) is 0 Å². The van der Waals surface area contributed by atoms with Gasteiger partial charge in [0, 0.05) is 6.54 Å². The normalized spacial score (nSPS) is 34.8. The molecule has 3 rings (SSSR count). The molecule has 0 bridgehead atoms. The molecule has 24 heavy (non-hydrogen) atoms. The lowest BCUT2D eigenvalue weighted by Crippen LogP contribution is -2.55. The van der Waals surface area contributed by atoms with E-state index >= 15 is 0 Å². The molecule has 1 aromatic rings. The largest absolute Gasteiger partial charge is 0.306 e. The summed E-state index contributed by atoms with van der Waals surface area (Å²) in [5, 5.41) is 0. The van der Waals surface area contributed by atoms with Gasteiger partial charge in [-0.05, 0) is 69.2 Å². The zero-order chi connectivity index (χ0) is 17.6. The van der Waals surface area contributed by atoms with Gasteiger partial charge in [-0.3, -0.25) is 4.18 Å². The number of benzene rings is 1. The molecule has 1 aromatic carbocycles. The Morgan fingerprint density at radius 3 is 2.46 bits per heavy atom. The molecule has 4 nitrogen and oxygen atoms in total. The van der Waals surface area contributed by atoms with Crippen molar-refractivity contribution in [1.82, 2.24) is 4.90 Å². The van der Waals surface area contributed by atoms with Crippen LogP contribution in [-0.2, 0) is 14.3 Å². The van der Waals surface area contributed by atoms with Gasteiger partial charge in [-0.15, -0.1) is 0 Å². The van der Waals surface area contributed by atoms with E-state index in [4.69, 9.17) is 4.18 Å². The number of fused-ring (bicyclic) bond motifs is 1. The molecule has 0 aromatic heterocycles. The first-order chi connectivity index (χ1) is 11.1. The van der Waals surface area contributed by atoms with Crippen molar-refractivity contribution in [3.05, 3.63) is 29.8 Å². The minimum atomic E-state index is -3.68. The molecular formula is C19H29NO3S. The Morgan fingerprint density at radius 1 is 1.12 bits per heavy atom. The van der Waals surface area contributed by atoms with Crippen molar-refractivity contribution in [2.24, 2.45) is 10.8 Å². The summed E-state index contributed by atoms with van der Waals surface area (Å²) in [4.78, 5) is 2.65. The fourth-order valence-corrected chi connectivity index (χ4v) is 5.54. The maximum atomic E-state index is 12.6. The van der Waals surface area contributed by atoms with Crippen LogP contribution < -0.4 is 0 Å². The first-order valence-electron chi connectivity index (χ1n) is 8.82. The molecule has 2 aliphatic rings. The number of hydrogen-bond donors (Lipinski definition) is 0. The molecule has 134 valence electrons. The summed E-state index contributed by atoms with van der Waals surface area (Å²) in [5.74, 6) is 0. The molecule has 0 spiro atoms. The first-order valence-corrected chi connectivity index (χ1v) is 10.2. The Bertz CT molecular complexity index is 700. The highest BCUT2D eigenvalue weighted by atomic mass is 32.2. The lowest BCUT2D eigenvalue weighted by molar-refractivity contribution is -0.0877. The summed E-state index contributed by atoms with van der Waals surface area (Å²) in [7, 11) is -1.51. The second kappa shape index (κ2) is 6.11. The van der Waals surface area contributed by atoms with Crippen molar-refractivity contribution in [3.8, 4) is 0 Å². The maximum Gasteiger partial charge on any atom is 0.297 e. The van der Waals surface area contributed by atoms with E-state index in [1.54, 1.807) is 12.1 Å². The van der Waals surface area contributed by atoms with Crippen molar-refractivity contribution >= 4 is 10.1 Å². The summed E-state index contributed by atoms with van der Waals surface area (Å²) in [6, 6.07) is 6.89.